The van der Waals surface area contributed by atoms with Crippen molar-refractivity contribution >= 4 is 18.7 Å². The molecule has 0 bridgehead atoms. The van der Waals surface area contributed by atoms with Crippen molar-refractivity contribution in [3.05, 3.63) is 58.7 Å². The number of hydrogen-bond donors (Lipinski definition) is 1. The monoisotopic (exact) mass is 434 g/mol. The summed E-state index contributed by atoms with van der Waals surface area (Å²) in [7, 11) is -2.79. The largest absolute Gasteiger partial charge is 0.424 e. The average molecular weight is 435 g/mol. The van der Waals surface area contributed by atoms with Gasteiger partial charge in [-0.25, -0.2) is 0 Å². The molecule has 0 aromatic heterocycles. The Balaban J connectivity index is 1.84. The van der Waals surface area contributed by atoms with Gasteiger partial charge in [-0.05, 0) is 86.5 Å². The van der Waals surface area contributed by atoms with E-state index in [0.717, 1.165) is 10.4 Å². The van der Waals surface area contributed by atoms with Crippen LogP contribution < -0.4 is 10.4 Å². The summed E-state index contributed by atoms with van der Waals surface area (Å²) in [6.45, 7) is 21.0. The lowest BCUT2D eigenvalue weighted by Gasteiger charge is -2.43. The van der Waals surface area contributed by atoms with Gasteiger partial charge in [-0.1, -0.05) is 91.8 Å². The Kier molecular flexibility index (Phi) is 5.01. The second-order valence-electron chi connectivity index (χ2n) is 13.1. The first-order valence-electron chi connectivity index (χ1n) is 12.1. The highest BCUT2D eigenvalue weighted by molar-refractivity contribution is 6.95. The van der Waals surface area contributed by atoms with Crippen molar-refractivity contribution in [2.45, 2.75) is 109 Å². The third-order valence-corrected chi connectivity index (χ3v) is 11.7. The van der Waals surface area contributed by atoms with Gasteiger partial charge >= 0.3 is 0 Å². The predicted octanol–water partition coefficient (Wildman–Crippen LogP) is 6.07. The highest BCUT2D eigenvalue weighted by Crippen LogP contribution is 2.46. The highest BCUT2D eigenvalue weighted by atomic mass is 28.4. The molecule has 31 heavy (non-hydrogen) atoms. The summed E-state index contributed by atoms with van der Waals surface area (Å²) in [6, 6.07) is 13.8. The van der Waals surface area contributed by atoms with Crippen LogP contribution in [-0.4, -0.2) is 13.1 Å². The van der Waals surface area contributed by atoms with Crippen molar-refractivity contribution in [3.63, 3.8) is 0 Å². The molecule has 1 N–H and O–H groups in total. The zero-order chi connectivity index (χ0) is 23.0. The molecule has 0 radical (unpaired) electrons. The first kappa shape index (κ1) is 22.8. The summed E-state index contributed by atoms with van der Waals surface area (Å²) in [5.41, 5.74) is 6.54. The van der Waals surface area contributed by atoms with Crippen molar-refractivity contribution in [2.75, 3.05) is 0 Å². The lowest BCUT2D eigenvalue weighted by atomic mass is 9.63. The van der Waals surface area contributed by atoms with Gasteiger partial charge in [0.15, 0.2) is 0 Å². The maximum absolute atomic E-state index is 12.0. The number of hydrogen-bond acceptors (Lipinski definition) is 1. The minimum absolute atomic E-state index is 0.160. The van der Waals surface area contributed by atoms with Crippen LogP contribution in [0.4, 0.5) is 0 Å². The highest BCUT2D eigenvalue weighted by Gasteiger charge is 2.41. The minimum Gasteiger partial charge on any atom is -0.424 e. The topological polar surface area (TPSA) is 20.2 Å². The molecular formula is C29H42OSi. The number of rotatable bonds is 2. The Morgan fingerprint density at radius 1 is 0.548 bits per heavy atom. The van der Waals surface area contributed by atoms with Crippen LogP contribution in [0.15, 0.2) is 36.4 Å². The molecule has 4 rings (SSSR count). The zero-order valence-corrected chi connectivity index (χ0v) is 22.2. The van der Waals surface area contributed by atoms with E-state index in [9.17, 15) is 4.80 Å². The summed E-state index contributed by atoms with van der Waals surface area (Å²) < 4.78 is 0. The molecule has 0 spiro atoms. The molecule has 0 amide bonds. The van der Waals surface area contributed by atoms with E-state index in [1.54, 1.807) is 0 Å². The second-order valence-corrected chi connectivity index (χ2v) is 16.4. The lowest BCUT2D eigenvalue weighted by molar-refractivity contribution is 0.332. The van der Waals surface area contributed by atoms with E-state index >= 15 is 0 Å². The summed E-state index contributed by atoms with van der Waals surface area (Å²) >= 11 is 0. The fourth-order valence-electron chi connectivity index (χ4n) is 5.95. The van der Waals surface area contributed by atoms with Gasteiger partial charge < -0.3 is 4.80 Å². The molecule has 0 saturated carbocycles. The van der Waals surface area contributed by atoms with Crippen LogP contribution in [0.1, 0.15) is 103 Å². The Morgan fingerprint density at radius 2 is 0.839 bits per heavy atom. The fourth-order valence-corrected chi connectivity index (χ4v) is 7.95. The van der Waals surface area contributed by atoms with E-state index in [4.69, 9.17) is 0 Å². The summed E-state index contributed by atoms with van der Waals surface area (Å²) in [5.74, 6) is 0. The van der Waals surface area contributed by atoms with Gasteiger partial charge in [-0.3, -0.25) is 0 Å². The summed E-state index contributed by atoms with van der Waals surface area (Å²) in [4.78, 5) is 12.0. The van der Waals surface area contributed by atoms with E-state index in [0.29, 0.717) is 0 Å². The lowest BCUT2D eigenvalue weighted by Crippen LogP contribution is -2.57. The van der Waals surface area contributed by atoms with Crippen LogP contribution >= 0.6 is 0 Å². The third-order valence-electron chi connectivity index (χ3n) is 8.83. The Hall–Kier alpha value is -1.38. The smallest absolute Gasteiger partial charge is 0.249 e. The van der Waals surface area contributed by atoms with Gasteiger partial charge in [-0.15, -0.1) is 0 Å². The first-order chi connectivity index (χ1) is 14.1. The number of fused-ring (bicyclic) bond motifs is 2. The van der Waals surface area contributed by atoms with Crippen molar-refractivity contribution in [3.8, 4) is 0 Å². The molecule has 0 unspecified atom stereocenters. The van der Waals surface area contributed by atoms with Crippen molar-refractivity contribution in [1.29, 1.82) is 0 Å². The van der Waals surface area contributed by atoms with Crippen LogP contribution in [-0.2, 0) is 21.7 Å². The van der Waals surface area contributed by atoms with Crippen molar-refractivity contribution < 1.29 is 4.80 Å². The molecule has 168 valence electrons. The molecule has 2 aromatic carbocycles. The average Bonchev–Trinajstić information content (AvgIpc) is 2.69. The Morgan fingerprint density at radius 3 is 1.16 bits per heavy atom. The van der Waals surface area contributed by atoms with Crippen molar-refractivity contribution in [2.24, 2.45) is 0 Å². The Bertz CT molecular complexity index is 942. The van der Waals surface area contributed by atoms with Gasteiger partial charge in [-0.2, -0.15) is 0 Å². The molecule has 2 aliphatic rings. The maximum Gasteiger partial charge on any atom is 0.249 e. The van der Waals surface area contributed by atoms with Crippen LogP contribution in [0.5, 0.6) is 0 Å². The number of benzene rings is 2. The van der Waals surface area contributed by atoms with E-state index in [-0.39, 0.29) is 21.7 Å². The van der Waals surface area contributed by atoms with Gasteiger partial charge in [0, 0.05) is 0 Å². The van der Waals surface area contributed by atoms with Gasteiger partial charge in [0.1, 0.15) is 0 Å². The molecule has 0 aliphatic heterocycles. The van der Waals surface area contributed by atoms with E-state index in [1.165, 1.54) is 47.9 Å². The van der Waals surface area contributed by atoms with Crippen LogP contribution in [0, 0.1) is 0 Å². The third kappa shape index (κ3) is 3.64. The molecule has 0 atom stereocenters. The van der Waals surface area contributed by atoms with Crippen LogP contribution in [0.25, 0.3) is 0 Å². The maximum atomic E-state index is 12.0. The van der Waals surface area contributed by atoms with Gasteiger partial charge in [0.2, 0.25) is 8.32 Å². The zero-order valence-electron chi connectivity index (χ0n) is 21.2. The molecule has 0 fully saturated rings. The molecule has 2 aromatic rings. The fraction of sp³-hybridized carbons (Fsp3) is 0.586. The van der Waals surface area contributed by atoms with Gasteiger partial charge in [0.25, 0.3) is 0 Å². The van der Waals surface area contributed by atoms with E-state index in [2.05, 4.69) is 98.3 Å². The quantitative estimate of drug-likeness (QED) is 0.569. The van der Waals surface area contributed by atoms with Gasteiger partial charge in [0.05, 0.1) is 0 Å². The van der Waals surface area contributed by atoms with Crippen LogP contribution in [0.2, 0.25) is 6.55 Å². The molecule has 2 heteroatoms. The molecular weight excluding hydrogens is 392 g/mol. The standard InChI is InChI=1S/C29H42OSi/c1-26(2)14-16-28(5,6)24-18-20(10-12-22(24)26)31(9,30)21-11-13-23-25(19-21)29(7,8)17-15-27(23,3)4/h10-13,18-19,30H,14-17H2,1-9H3. The molecule has 0 saturated heterocycles. The summed E-state index contributed by atoms with van der Waals surface area (Å²) in [5, 5.41) is 2.29. The van der Waals surface area contributed by atoms with Crippen LogP contribution in [0.3, 0.4) is 0 Å². The molecule has 0 heterocycles. The van der Waals surface area contributed by atoms with E-state index < -0.39 is 8.32 Å². The molecule has 1 nitrogen and oxygen atoms in total. The SMILES string of the molecule is CC1(C)CCC(C)(C)c2cc([Si](C)(O)c3ccc4c(c3)C(C)(C)CCC4(C)C)ccc21. The summed E-state index contributed by atoms with van der Waals surface area (Å²) in [6.07, 6.45) is 4.83. The van der Waals surface area contributed by atoms with E-state index in [1.807, 2.05) is 0 Å². The Labute approximate surface area is 191 Å². The second kappa shape index (κ2) is 6.81. The predicted molar refractivity (Wildman–Crippen MR) is 137 cm³/mol. The first-order valence-corrected chi connectivity index (χ1v) is 14.6. The minimum atomic E-state index is -2.79. The molecule has 2 aliphatic carbocycles. The normalized spacial score (nSPS) is 23.0. The van der Waals surface area contributed by atoms with Crippen molar-refractivity contribution in [1.82, 2.24) is 0 Å².